The van der Waals surface area contributed by atoms with Crippen molar-refractivity contribution in [3.05, 3.63) is 0 Å². The van der Waals surface area contributed by atoms with E-state index in [0.29, 0.717) is 12.5 Å². The number of halogens is 2. The summed E-state index contributed by atoms with van der Waals surface area (Å²) in [5.41, 5.74) is 0. The quantitative estimate of drug-likeness (QED) is 0.697. The van der Waals surface area contributed by atoms with Gasteiger partial charge in [0.25, 0.3) is 6.43 Å². The largest absolute Gasteiger partial charge is 0.306 e. The minimum Gasteiger partial charge on any atom is -0.306 e. The summed E-state index contributed by atoms with van der Waals surface area (Å²) in [6.45, 7) is 2.98. The number of piperidine rings is 1. The Bertz CT molecular complexity index is 203. The monoisotopic (exact) mass is 218 g/mol. The van der Waals surface area contributed by atoms with E-state index in [1.165, 1.54) is 0 Å². The molecule has 0 aliphatic carbocycles. The molecule has 0 spiro atoms. The molecule has 15 heavy (non-hydrogen) atoms. The fourth-order valence-electron chi connectivity index (χ4n) is 2.87. The molecule has 0 N–H and O–H groups in total. The minimum atomic E-state index is -2.16. The van der Waals surface area contributed by atoms with Crippen LogP contribution in [0.4, 0.5) is 8.78 Å². The normalized spacial score (nSPS) is 31.6. The van der Waals surface area contributed by atoms with Crippen LogP contribution in [0.15, 0.2) is 0 Å². The Morgan fingerprint density at radius 1 is 1.07 bits per heavy atom. The number of hydrogen-bond donors (Lipinski definition) is 0. The number of rotatable bonds is 2. The van der Waals surface area contributed by atoms with Crippen molar-refractivity contribution in [1.29, 1.82) is 0 Å². The molecule has 0 aromatic carbocycles. The zero-order valence-electron chi connectivity index (χ0n) is 9.33. The van der Waals surface area contributed by atoms with Gasteiger partial charge in [0.05, 0.1) is 6.04 Å². The van der Waals surface area contributed by atoms with E-state index in [1.807, 2.05) is 0 Å². The molecule has 0 aromatic heterocycles. The molecule has 2 fully saturated rings. The van der Waals surface area contributed by atoms with Crippen LogP contribution in [-0.4, -0.2) is 55.0 Å². The summed E-state index contributed by atoms with van der Waals surface area (Å²) >= 11 is 0. The number of hydrogen-bond acceptors (Lipinski definition) is 2. The molecule has 2 saturated heterocycles. The van der Waals surface area contributed by atoms with Gasteiger partial charge in [-0.25, -0.2) is 8.78 Å². The lowest BCUT2D eigenvalue weighted by molar-refractivity contribution is 0.0125. The summed E-state index contributed by atoms with van der Waals surface area (Å²) in [6.07, 6.45) is 1.58. The molecule has 2 heterocycles. The first-order valence-electron chi connectivity index (χ1n) is 5.91. The van der Waals surface area contributed by atoms with Crippen molar-refractivity contribution in [2.45, 2.75) is 44.2 Å². The van der Waals surface area contributed by atoms with E-state index >= 15 is 0 Å². The van der Waals surface area contributed by atoms with E-state index in [2.05, 4.69) is 16.8 Å². The van der Waals surface area contributed by atoms with Crippen molar-refractivity contribution in [3.8, 4) is 0 Å². The highest BCUT2D eigenvalue weighted by atomic mass is 19.3. The van der Waals surface area contributed by atoms with E-state index in [9.17, 15) is 8.78 Å². The number of likely N-dealkylation sites (tertiary alicyclic amines) is 2. The molecule has 4 heteroatoms. The fraction of sp³-hybridized carbons (Fsp3) is 1.00. The predicted molar refractivity (Wildman–Crippen MR) is 56.3 cm³/mol. The highest BCUT2D eigenvalue weighted by Gasteiger charge is 2.36. The predicted octanol–water partition coefficient (Wildman–Crippen LogP) is 1.81. The topological polar surface area (TPSA) is 6.48 Å². The average molecular weight is 218 g/mol. The Labute approximate surface area is 90.2 Å². The molecule has 2 rings (SSSR count). The van der Waals surface area contributed by atoms with Crippen molar-refractivity contribution in [2.75, 3.05) is 26.7 Å². The molecule has 2 aliphatic rings. The van der Waals surface area contributed by atoms with Crippen molar-refractivity contribution in [1.82, 2.24) is 9.80 Å². The lowest BCUT2D eigenvalue weighted by Crippen LogP contribution is -2.47. The fourth-order valence-corrected chi connectivity index (χ4v) is 2.87. The van der Waals surface area contributed by atoms with E-state index in [4.69, 9.17) is 0 Å². The minimum absolute atomic E-state index is 0.405. The molecule has 2 aliphatic heterocycles. The molecule has 0 aromatic rings. The molecule has 1 atom stereocenters. The molecule has 0 unspecified atom stereocenters. The highest BCUT2D eigenvalue weighted by Crippen LogP contribution is 2.28. The van der Waals surface area contributed by atoms with Crippen LogP contribution < -0.4 is 0 Å². The Balaban J connectivity index is 1.92. The highest BCUT2D eigenvalue weighted by molar-refractivity contribution is 4.88. The van der Waals surface area contributed by atoms with Gasteiger partial charge in [0.15, 0.2) is 0 Å². The van der Waals surface area contributed by atoms with Gasteiger partial charge >= 0.3 is 0 Å². The van der Waals surface area contributed by atoms with E-state index in [-0.39, 0.29) is 0 Å². The van der Waals surface area contributed by atoms with Crippen LogP contribution in [0, 0.1) is 0 Å². The van der Waals surface area contributed by atoms with Crippen LogP contribution in [0.2, 0.25) is 0 Å². The van der Waals surface area contributed by atoms with Gasteiger partial charge in [-0.15, -0.1) is 0 Å². The van der Waals surface area contributed by atoms with Gasteiger partial charge in [-0.05, 0) is 52.4 Å². The number of nitrogens with zero attached hydrogens (tertiary/aromatic N) is 2. The second-order valence-electron chi connectivity index (χ2n) is 4.82. The molecule has 0 radical (unpaired) electrons. The molecule has 2 nitrogen and oxygen atoms in total. The second-order valence-corrected chi connectivity index (χ2v) is 4.82. The molecular weight excluding hydrogens is 198 g/mol. The van der Waals surface area contributed by atoms with E-state index in [0.717, 1.165) is 38.9 Å². The maximum atomic E-state index is 12.8. The Kier molecular flexibility index (Phi) is 3.57. The molecule has 0 amide bonds. The smallest absolute Gasteiger partial charge is 0.253 e. The third-order valence-electron chi connectivity index (χ3n) is 3.79. The maximum absolute atomic E-state index is 12.8. The van der Waals surface area contributed by atoms with Crippen LogP contribution in [0.1, 0.15) is 25.7 Å². The third-order valence-corrected chi connectivity index (χ3v) is 3.79. The van der Waals surface area contributed by atoms with Gasteiger partial charge in [-0.2, -0.15) is 0 Å². The summed E-state index contributed by atoms with van der Waals surface area (Å²) in [4.78, 5) is 4.35. The van der Waals surface area contributed by atoms with Gasteiger partial charge in [-0.3, -0.25) is 4.90 Å². The van der Waals surface area contributed by atoms with Gasteiger partial charge in [0, 0.05) is 6.04 Å². The Hall–Kier alpha value is -0.220. The molecule has 0 bridgehead atoms. The molecular formula is C11H20F2N2. The van der Waals surface area contributed by atoms with Crippen LogP contribution in [0.3, 0.4) is 0 Å². The van der Waals surface area contributed by atoms with Gasteiger partial charge in [0.1, 0.15) is 0 Å². The zero-order chi connectivity index (χ0) is 10.8. The summed E-state index contributed by atoms with van der Waals surface area (Å²) in [5.74, 6) is 0. The van der Waals surface area contributed by atoms with Crippen LogP contribution in [0.25, 0.3) is 0 Å². The van der Waals surface area contributed by atoms with Gasteiger partial charge in [-0.1, -0.05) is 0 Å². The number of alkyl halides is 2. The standard InChI is InChI=1S/C11H20F2N2/c1-14-7-4-9(5-8-14)15-6-2-3-10(15)11(12)13/h9-11H,2-8H2,1H3/t10-/m1/s1. The Morgan fingerprint density at radius 3 is 2.33 bits per heavy atom. The van der Waals surface area contributed by atoms with Crippen molar-refractivity contribution in [2.24, 2.45) is 0 Å². The Morgan fingerprint density at radius 2 is 1.73 bits per heavy atom. The third kappa shape index (κ3) is 2.48. The SMILES string of the molecule is CN1CCC(N2CCC[C@@H]2C(F)F)CC1. The summed E-state index contributed by atoms with van der Waals surface area (Å²) in [7, 11) is 2.10. The van der Waals surface area contributed by atoms with Crippen molar-refractivity contribution >= 4 is 0 Å². The molecule has 88 valence electrons. The zero-order valence-corrected chi connectivity index (χ0v) is 9.33. The lowest BCUT2D eigenvalue weighted by atomic mass is 10.0. The first-order valence-corrected chi connectivity index (χ1v) is 5.91. The summed E-state index contributed by atoms with van der Waals surface area (Å²) in [6, 6.07) is -0.0545. The van der Waals surface area contributed by atoms with Crippen molar-refractivity contribution < 1.29 is 8.78 Å². The van der Waals surface area contributed by atoms with E-state index < -0.39 is 12.5 Å². The summed E-state index contributed by atoms with van der Waals surface area (Å²) < 4.78 is 25.5. The maximum Gasteiger partial charge on any atom is 0.253 e. The van der Waals surface area contributed by atoms with Crippen LogP contribution >= 0.6 is 0 Å². The second kappa shape index (κ2) is 4.74. The van der Waals surface area contributed by atoms with E-state index in [1.54, 1.807) is 0 Å². The van der Waals surface area contributed by atoms with Gasteiger partial charge < -0.3 is 4.90 Å². The summed E-state index contributed by atoms with van der Waals surface area (Å²) in [5, 5.41) is 0. The molecule has 0 saturated carbocycles. The van der Waals surface area contributed by atoms with Crippen LogP contribution in [-0.2, 0) is 0 Å². The van der Waals surface area contributed by atoms with Gasteiger partial charge in [0.2, 0.25) is 0 Å². The van der Waals surface area contributed by atoms with Crippen molar-refractivity contribution in [3.63, 3.8) is 0 Å². The average Bonchev–Trinajstić information content (AvgIpc) is 2.67. The van der Waals surface area contributed by atoms with Crippen LogP contribution in [0.5, 0.6) is 0 Å². The lowest BCUT2D eigenvalue weighted by Gasteiger charge is -2.37. The first kappa shape index (κ1) is 11.3. The first-order chi connectivity index (χ1) is 7.18.